The van der Waals surface area contributed by atoms with Crippen molar-refractivity contribution in [3.05, 3.63) is 11.4 Å². The fourth-order valence-electron chi connectivity index (χ4n) is 3.65. The van der Waals surface area contributed by atoms with Crippen molar-refractivity contribution in [2.24, 2.45) is 0 Å². The molecule has 2 N–H and O–H groups in total. The SMILES string of the molecule is Cc1c(C(=O)NC2CC(=O)N(C(C)(C)C)C2)nnn1C1CCNCC1.Cl. The Bertz CT molecular complexity index is 663. The van der Waals surface area contributed by atoms with Crippen molar-refractivity contribution in [3.63, 3.8) is 0 Å². The molecule has 146 valence electrons. The van der Waals surface area contributed by atoms with Gasteiger partial charge in [-0.3, -0.25) is 9.59 Å². The predicted molar refractivity (Wildman–Crippen MR) is 100 cm³/mol. The van der Waals surface area contributed by atoms with Gasteiger partial charge in [0.1, 0.15) is 0 Å². The number of amides is 2. The summed E-state index contributed by atoms with van der Waals surface area (Å²) in [6.45, 7) is 10.3. The molecule has 2 aliphatic rings. The van der Waals surface area contributed by atoms with Crippen LogP contribution in [0.15, 0.2) is 0 Å². The van der Waals surface area contributed by atoms with Crippen LogP contribution in [0.5, 0.6) is 0 Å². The molecule has 2 saturated heterocycles. The first-order valence-electron chi connectivity index (χ1n) is 9.01. The fourth-order valence-corrected chi connectivity index (χ4v) is 3.65. The van der Waals surface area contributed by atoms with E-state index >= 15 is 0 Å². The van der Waals surface area contributed by atoms with E-state index < -0.39 is 0 Å². The van der Waals surface area contributed by atoms with E-state index in [1.807, 2.05) is 37.3 Å². The number of rotatable bonds is 3. The van der Waals surface area contributed by atoms with Gasteiger partial charge in [-0.25, -0.2) is 4.68 Å². The molecule has 0 saturated carbocycles. The maximum atomic E-state index is 12.6. The third-order valence-electron chi connectivity index (χ3n) is 5.07. The maximum Gasteiger partial charge on any atom is 0.274 e. The Labute approximate surface area is 160 Å². The summed E-state index contributed by atoms with van der Waals surface area (Å²) in [6, 6.07) is 0.113. The summed E-state index contributed by atoms with van der Waals surface area (Å²) < 4.78 is 1.87. The van der Waals surface area contributed by atoms with Crippen LogP contribution in [-0.4, -0.2) is 62.9 Å². The summed E-state index contributed by atoms with van der Waals surface area (Å²) in [5.41, 5.74) is 0.923. The standard InChI is InChI=1S/C17H28N6O2.ClH/c1-11-15(20-21-23(11)13-5-7-18-8-6-13)16(25)19-12-9-14(24)22(10-12)17(2,3)4;/h12-13,18H,5-10H2,1-4H3,(H,19,25);1H. The molecule has 26 heavy (non-hydrogen) atoms. The number of piperidine rings is 1. The Morgan fingerprint density at radius 3 is 2.50 bits per heavy atom. The topological polar surface area (TPSA) is 92.2 Å². The van der Waals surface area contributed by atoms with Crippen LogP contribution >= 0.6 is 12.4 Å². The second-order valence-corrected chi connectivity index (χ2v) is 8.00. The minimum absolute atomic E-state index is 0. The summed E-state index contributed by atoms with van der Waals surface area (Å²) in [5.74, 6) is -0.167. The molecule has 0 aliphatic carbocycles. The molecule has 3 heterocycles. The average molecular weight is 385 g/mol. The van der Waals surface area contributed by atoms with Crippen LogP contribution < -0.4 is 10.6 Å². The molecule has 2 amide bonds. The van der Waals surface area contributed by atoms with Crippen molar-refractivity contribution in [2.75, 3.05) is 19.6 Å². The zero-order chi connectivity index (χ0) is 18.2. The van der Waals surface area contributed by atoms with Gasteiger partial charge in [0.05, 0.1) is 17.8 Å². The third-order valence-corrected chi connectivity index (χ3v) is 5.07. The fraction of sp³-hybridized carbons (Fsp3) is 0.765. The predicted octanol–water partition coefficient (Wildman–Crippen LogP) is 1.06. The number of carbonyl (C=O) groups excluding carboxylic acids is 2. The van der Waals surface area contributed by atoms with E-state index in [9.17, 15) is 9.59 Å². The Morgan fingerprint density at radius 1 is 1.27 bits per heavy atom. The van der Waals surface area contributed by atoms with Crippen molar-refractivity contribution >= 4 is 24.2 Å². The number of likely N-dealkylation sites (tertiary alicyclic amines) is 1. The van der Waals surface area contributed by atoms with Crippen LogP contribution in [0.25, 0.3) is 0 Å². The highest BCUT2D eigenvalue weighted by Gasteiger charge is 2.37. The van der Waals surface area contributed by atoms with Crippen molar-refractivity contribution in [1.29, 1.82) is 0 Å². The number of nitrogens with one attached hydrogen (secondary N) is 2. The molecule has 0 aromatic carbocycles. The van der Waals surface area contributed by atoms with E-state index in [0.717, 1.165) is 31.6 Å². The lowest BCUT2D eigenvalue weighted by Crippen LogP contribution is -2.44. The minimum Gasteiger partial charge on any atom is -0.346 e. The number of aromatic nitrogens is 3. The zero-order valence-corrected chi connectivity index (χ0v) is 16.7. The Balaban J connectivity index is 0.00000243. The first-order chi connectivity index (χ1) is 11.8. The van der Waals surface area contributed by atoms with Crippen LogP contribution in [0.1, 0.15) is 62.3 Å². The lowest BCUT2D eigenvalue weighted by Gasteiger charge is -2.32. The van der Waals surface area contributed by atoms with Crippen LogP contribution in [-0.2, 0) is 4.79 Å². The van der Waals surface area contributed by atoms with Gasteiger partial charge in [0.15, 0.2) is 5.69 Å². The molecular formula is C17H29ClN6O2. The molecular weight excluding hydrogens is 356 g/mol. The van der Waals surface area contributed by atoms with E-state index in [0.29, 0.717) is 24.7 Å². The van der Waals surface area contributed by atoms with E-state index in [1.165, 1.54) is 0 Å². The monoisotopic (exact) mass is 384 g/mol. The highest BCUT2D eigenvalue weighted by atomic mass is 35.5. The van der Waals surface area contributed by atoms with E-state index in [4.69, 9.17) is 0 Å². The first-order valence-corrected chi connectivity index (χ1v) is 9.01. The molecule has 0 bridgehead atoms. The summed E-state index contributed by atoms with van der Waals surface area (Å²) in [4.78, 5) is 26.6. The van der Waals surface area contributed by atoms with Crippen LogP contribution in [0.4, 0.5) is 0 Å². The smallest absolute Gasteiger partial charge is 0.274 e. The van der Waals surface area contributed by atoms with Gasteiger partial charge < -0.3 is 15.5 Å². The van der Waals surface area contributed by atoms with Gasteiger partial charge in [0.2, 0.25) is 5.91 Å². The molecule has 3 rings (SSSR count). The highest BCUT2D eigenvalue weighted by molar-refractivity contribution is 5.94. The first kappa shape index (κ1) is 20.6. The van der Waals surface area contributed by atoms with Gasteiger partial charge in [-0.1, -0.05) is 5.21 Å². The molecule has 9 heteroatoms. The quantitative estimate of drug-likeness (QED) is 0.813. The minimum atomic E-state index is -0.244. The lowest BCUT2D eigenvalue weighted by atomic mass is 10.1. The zero-order valence-electron chi connectivity index (χ0n) is 15.9. The van der Waals surface area contributed by atoms with Crippen molar-refractivity contribution in [1.82, 2.24) is 30.5 Å². The van der Waals surface area contributed by atoms with Crippen molar-refractivity contribution in [3.8, 4) is 0 Å². The van der Waals surface area contributed by atoms with Crippen LogP contribution in [0, 0.1) is 6.92 Å². The van der Waals surface area contributed by atoms with Gasteiger partial charge in [-0.05, 0) is 53.6 Å². The number of carbonyl (C=O) groups is 2. The molecule has 0 radical (unpaired) electrons. The molecule has 1 aromatic heterocycles. The Kier molecular flexibility index (Phi) is 6.29. The summed E-state index contributed by atoms with van der Waals surface area (Å²) >= 11 is 0. The maximum absolute atomic E-state index is 12.6. The Hall–Kier alpha value is -1.67. The molecule has 1 atom stereocenters. The van der Waals surface area contributed by atoms with E-state index in [2.05, 4.69) is 20.9 Å². The van der Waals surface area contributed by atoms with Gasteiger partial charge in [0.25, 0.3) is 5.91 Å². The average Bonchev–Trinajstić information content (AvgIpc) is 3.10. The van der Waals surface area contributed by atoms with Gasteiger partial charge in [-0.15, -0.1) is 17.5 Å². The molecule has 8 nitrogen and oxygen atoms in total. The van der Waals surface area contributed by atoms with E-state index in [1.54, 1.807) is 0 Å². The van der Waals surface area contributed by atoms with Crippen LogP contribution in [0.2, 0.25) is 0 Å². The number of hydrogen-bond donors (Lipinski definition) is 2. The summed E-state index contributed by atoms with van der Waals surface area (Å²) in [6.07, 6.45) is 2.32. The summed E-state index contributed by atoms with van der Waals surface area (Å²) in [7, 11) is 0. The molecule has 0 spiro atoms. The number of halogens is 1. The summed E-state index contributed by atoms with van der Waals surface area (Å²) in [5, 5.41) is 14.6. The van der Waals surface area contributed by atoms with Gasteiger partial charge >= 0.3 is 0 Å². The molecule has 1 aromatic rings. The third kappa shape index (κ3) is 4.17. The number of hydrogen-bond acceptors (Lipinski definition) is 5. The molecule has 1 unspecified atom stereocenters. The highest BCUT2D eigenvalue weighted by Crippen LogP contribution is 2.23. The van der Waals surface area contributed by atoms with Crippen molar-refractivity contribution < 1.29 is 9.59 Å². The molecule has 2 aliphatic heterocycles. The Morgan fingerprint density at radius 2 is 1.92 bits per heavy atom. The van der Waals surface area contributed by atoms with Crippen LogP contribution in [0.3, 0.4) is 0 Å². The normalized spacial score (nSPS) is 21.6. The largest absolute Gasteiger partial charge is 0.346 e. The van der Waals surface area contributed by atoms with Gasteiger partial charge in [-0.2, -0.15) is 0 Å². The molecule has 2 fully saturated rings. The van der Waals surface area contributed by atoms with Crippen molar-refractivity contribution in [2.45, 2.75) is 64.6 Å². The second kappa shape index (κ2) is 7.92. The lowest BCUT2D eigenvalue weighted by molar-refractivity contribution is -0.131. The second-order valence-electron chi connectivity index (χ2n) is 8.00. The van der Waals surface area contributed by atoms with Gasteiger partial charge in [0, 0.05) is 18.5 Å². The number of nitrogens with zero attached hydrogens (tertiary/aromatic N) is 4. The van der Waals surface area contributed by atoms with E-state index in [-0.39, 0.29) is 35.8 Å².